The van der Waals surface area contributed by atoms with Gasteiger partial charge in [0.2, 0.25) is 94.5 Å². The number of aromatic amines is 2. The van der Waals surface area contributed by atoms with Crippen molar-refractivity contribution in [2.24, 2.45) is 28.9 Å². The number of nitrogens with two attached hydrogens (primary N) is 4. The molecule has 4 aromatic rings. The van der Waals surface area contributed by atoms with Gasteiger partial charge < -0.3 is 122 Å². The molecule has 2 aromatic carbocycles. The summed E-state index contributed by atoms with van der Waals surface area (Å²) < 4.78 is 0. The number of carbonyl (C=O) groups excluding carboxylic acids is 16. The Morgan fingerprint density at radius 1 is 0.539 bits per heavy atom. The first-order chi connectivity index (χ1) is 54.6. The second kappa shape index (κ2) is 47.0. The quantitative estimate of drug-likeness (QED) is 0.0111. The number of unbranched alkanes of at least 4 members (excludes halogenated alkanes) is 1. The molecule has 13 atom stereocenters. The minimum atomic E-state index is -1.88. The topological polar surface area (TPSA) is 671 Å². The predicted octanol–water partition coefficient (Wildman–Crippen LogP) is -7.10. The largest absolute Gasteiger partial charge is 0.508 e. The molecule has 1 fully saturated rings. The number of hydrogen-bond donors (Lipinski definition) is 23. The molecule has 3 heterocycles. The summed E-state index contributed by atoms with van der Waals surface area (Å²) in [5.74, 6) is -15.7. The predicted molar refractivity (Wildman–Crippen MR) is 412 cm³/mol. The molecule has 0 saturated carbocycles. The highest BCUT2D eigenvalue weighted by Crippen LogP contribution is 2.22. The maximum absolute atomic E-state index is 15.0. The van der Waals surface area contributed by atoms with Gasteiger partial charge in [-0.15, -0.1) is 0 Å². The van der Waals surface area contributed by atoms with Crippen LogP contribution < -0.4 is 97.4 Å². The number of imidazole rings is 2. The Kier molecular flexibility index (Phi) is 38.0. The number of likely N-dealkylation sites (tertiary alicyclic amines) is 1. The van der Waals surface area contributed by atoms with E-state index in [1.54, 1.807) is 44.2 Å². The van der Waals surface area contributed by atoms with E-state index in [2.05, 4.69) is 94.4 Å². The number of aliphatic hydroxyl groups excluding tert-OH is 1. The van der Waals surface area contributed by atoms with Gasteiger partial charge in [-0.3, -0.25) is 82.1 Å². The van der Waals surface area contributed by atoms with Crippen LogP contribution in [0.3, 0.4) is 0 Å². The summed E-state index contributed by atoms with van der Waals surface area (Å²) >= 11 is 0. The third-order valence-corrected chi connectivity index (χ3v) is 18.3. The molecule has 1 saturated heterocycles. The van der Waals surface area contributed by atoms with E-state index in [1.165, 1.54) is 81.9 Å². The average molecular weight is 1610 g/mol. The smallest absolute Gasteiger partial charge is 0.246 e. The summed E-state index contributed by atoms with van der Waals surface area (Å²) in [4.78, 5) is 234. The molecule has 0 spiro atoms. The lowest BCUT2D eigenvalue weighted by molar-refractivity contribution is -0.142. The SMILES string of the molecule is CCC(NC(=O)[C@H](CO)NC(=O)CNC(=O)[C@H](Cc1c[nH]cn1)NC(=O)[C@H](CCCNC(=N)N)NC(=O)[C@H](C)NC(C)=O)C(=O)N[C@@H](CC(N)=O)C(=O)N[C@@H](Cc1ccc(O)cc1)C(=O)N[C@H](C(=O)N[C@@H](Cc1ccccc1)C(=O)N1CCC[C@H]1C(=O)N[C@@H](C)C(=O)N[C@@H](Cc1c[nH]cn1)C(=O)N[C@@H](CCCCN)C(N)=O)C(C)C. The lowest BCUT2D eigenvalue weighted by Gasteiger charge is -2.31. The van der Waals surface area contributed by atoms with Crippen molar-refractivity contribution in [3.8, 4) is 5.75 Å². The molecule has 42 nitrogen and oxygen atoms in total. The van der Waals surface area contributed by atoms with Gasteiger partial charge in [0.15, 0.2) is 5.96 Å². The first-order valence-corrected chi connectivity index (χ1v) is 37.5. The number of rotatable bonds is 48. The molecule has 42 heteroatoms. The van der Waals surface area contributed by atoms with E-state index in [-0.39, 0.29) is 88.3 Å². The summed E-state index contributed by atoms with van der Waals surface area (Å²) in [5, 5.41) is 63.0. The second-order valence-electron chi connectivity index (χ2n) is 27.9. The highest BCUT2D eigenvalue weighted by Gasteiger charge is 2.42. The Labute approximate surface area is 662 Å². The van der Waals surface area contributed by atoms with Gasteiger partial charge in [-0.05, 0) is 101 Å². The molecule has 0 bridgehead atoms. The Bertz CT molecular complexity index is 3980. The van der Waals surface area contributed by atoms with Gasteiger partial charge in [0.05, 0.1) is 43.6 Å². The Morgan fingerprint density at radius 3 is 1.59 bits per heavy atom. The molecule has 2 aromatic heterocycles. The molecule has 1 unspecified atom stereocenters. The monoisotopic (exact) mass is 1610 g/mol. The number of aromatic hydroxyl groups is 1. The molecule has 0 aliphatic carbocycles. The van der Waals surface area contributed by atoms with Crippen molar-refractivity contribution < 1.29 is 86.9 Å². The van der Waals surface area contributed by atoms with Crippen molar-refractivity contribution in [3.63, 3.8) is 0 Å². The Balaban J connectivity index is 1.28. The Morgan fingerprint density at radius 2 is 1.03 bits per heavy atom. The third kappa shape index (κ3) is 31.5. The fourth-order valence-corrected chi connectivity index (χ4v) is 12.1. The van der Waals surface area contributed by atoms with E-state index in [4.69, 9.17) is 28.3 Å². The number of nitrogens with zero attached hydrogens (tertiary/aromatic N) is 3. The summed E-state index contributed by atoms with van der Waals surface area (Å²) in [6.45, 7) is 7.06. The molecule has 16 amide bonds. The van der Waals surface area contributed by atoms with Gasteiger partial charge in [-0.1, -0.05) is 63.2 Å². The van der Waals surface area contributed by atoms with Crippen LogP contribution in [-0.4, -0.2) is 247 Å². The lowest BCUT2D eigenvalue weighted by atomic mass is 9.99. The number of aromatic nitrogens is 4. The molecular formula is C73H108N24O18. The summed E-state index contributed by atoms with van der Waals surface area (Å²) in [7, 11) is 0. The highest BCUT2D eigenvalue weighted by molar-refractivity contribution is 6.01. The Hall–Kier alpha value is -12.6. The number of phenols is 1. The fourth-order valence-electron chi connectivity index (χ4n) is 12.1. The molecule has 628 valence electrons. The number of primary amides is 2. The number of aliphatic hydroxyl groups is 1. The van der Waals surface area contributed by atoms with Crippen molar-refractivity contribution in [1.29, 1.82) is 5.41 Å². The van der Waals surface area contributed by atoms with Crippen LogP contribution in [0.1, 0.15) is 122 Å². The average Bonchev–Trinajstić information content (AvgIpc) is 1.73. The molecule has 1 aliphatic heterocycles. The number of nitrogens with one attached hydrogen (secondary N) is 17. The zero-order valence-electron chi connectivity index (χ0n) is 64.9. The maximum Gasteiger partial charge on any atom is 0.246 e. The van der Waals surface area contributed by atoms with E-state index in [1.807, 2.05) is 0 Å². The standard InChI is InChI=1S/C73H108N24O18/c1-7-47(88-69(112)55(35-98)87-58(102)34-82-63(106)51(29-44-32-79-36-83-44)93-65(108)49(18-13-25-81-73(77)78)90-61(104)39(4)85-41(6)99)64(107)94-53(31-57(75)101)67(110)92-50(27-43-20-22-46(100)23-21-43)68(111)96-59(38(2)3)71(114)95-54(28-42-15-9-8-10-16-42)72(115)97-26-14-19-56(97)70(113)86-40(5)62(105)91-52(30-45-33-80-37-84-45)66(109)89-48(60(76)103)17-11-12-24-74/h8-10,15-16,20-23,32-33,36-40,47-56,59,98,100H,7,11-14,17-19,24-31,34-35,74H2,1-6H3,(H2,75,101)(H2,76,103)(H,79,83)(H,80,84)(H,82,106)(H,85,99)(H,86,113)(H,87,102)(H,88,112)(H,89,109)(H,90,104)(H,91,105)(H,92,110)(H,93,108)(H,94,107)(H,95,114)(H,96,111)(H4,77,78,81)/t39-,40-,47?,48-,49-,50-,51-,52-,53-,54-,55-,56-,59-/m0/s1. The number of guanidine groups is 1. The van der Waals surface area contributed by atoms with Crippen molar-refractivity contribution in [1.82, 2.24) is 99.3 Å². The minimum absolute atomic E-state index is 0.0342. The first-order valence-electron chi connectivity index (χ1n) is 37.5. The molecule has 27 N–H and O–H groups in total. The van der Waals surface area contributed by atoms with Gasteiger partial charge in [0, 0.05) is 58.1 Å². The molecule has 5 rings (SSSR count). The molecule has 1 aliphatic rings. The summed E-state index contributed by atoms with van der Waals surface area (Å²) in [6.07, 6.45) is 5.40. The maximum atomic E-state index is 15.0. The van der Waals surface area contributed by atoms with Crippen molar-refractivity contribution in [2.45, 2.75) is 204 Å². The van der Waals surface area contributed by atoms with Crippen molar-refractivity contribution in [2.75, 3.05) is 32.8 Å². The van der Waals surface area contributed by atoms with E-state index < -0.39 is 199 Å². The third-order valence-electron chi connectivity index (χ3n) is 18.3. The van der Waals surface area contributed by atoms with E-state index in [0.717, 1.165) is 0 Å². The number of hydrogen-bond acceptors (Lipinski definition) is 22. The van der Waals surface area contributed by atoms with Crippen LogP contribution in [0.2, 0.25) is 0 Å². The van der Waals surface area contributed by atoms with E-state index in [0.29, 0.717) is 42.6 Å². The van der Waals surface area contributed by atoms with E-state index in [9.17, 15) is 86.9 Å². The number of benzene rings is 2. The van der Waals surface area contributed by atoms with Crippen LogP contribution in [-0.2, 0) is 102 Å². The van der Waals surface area contributed by atoms with Crippen LogP contribution in [0.15, 0.2) is 79.6 Å². The molecule has 0 radical (unpaired) electrons. The number of phenolic OH excluding ortho intramolecular Hbond substituents is 1. The summed E-state index contributed by atoms with van der Waals surface area (Å²) in [6, 6.07) is -4.54. The highest BCUT2D eigenvalue weighted by atomic mass is 16.3. The zero-order valence-corrected chi connectivity index (χ0v) is 64.9. The fraction of sp³-hybridized carbons (Fsp3) is 0.521. The normalized spacial score (nSPS) is 15.5. The van der Waals surface area contributed by atoms with Gasteiger partial charge in [0.25, 0.3) is 0 Å². The number of carbonyl (C=O) groups is 16. The lowest BCUT2D eigenvalue weighted by Crippen LogP contribution is -2.62. The van der Waals surface area contributed by atoms with Crippen LogP contribution >= 0.6 is 0 Å². The van der Waals surface area contributed by atoms with Crippen LogP contribution in [0, 0.1) is 11.3 Å². The van der Waals surface area contributed by atoms with Gasteiger partial charge in [-0.2, -0.15) is 0 Å². The molecular weight excluding hydrogens is 1500 g/mol. The van der Waals surface area contributed by atoms with Gasteiger partial charge in [-0.25, -0.2) is 9.97 Å². The summed E-state index contributed by atoms with van der Waals surface area (Å²) in [5.41, 5.74) is 23.8. The van der Waals surface area contributed by atoms with E-state index >= 15 is 0 Å². The first kappa shape index (κ1) is 93.0. The zero-order chi connectivity index (χ0) is 85.0. The number of H-pyrrole nitrogens is 2. The van der Waals surface area contributed by atoms with Crippen molar-refractivity contribution in [3.05, 3.63) is 102 Å². The van der Waals surface area contributed by atoms with Gasteiger partial charge >= 0.3 is 0 Å². The van der Waals surface area contributed by atoms with Crippen LogP contribution in [0.5, 0.6) is 5.75 Å². The second-order valence-corrected chi connectivity index (χ2v) is 27.9. The minimum Gasteiger partial charge on any atom is -0.508 e. The van der Waals surface area contributed by atoms with Crippen LogP contribution in [0.4, 0.5) is 0 Å². The number of amides is 16. The molecule has 115 heavy (non-hydrogen) atoms. The van der Waals surface area contributed by atoms with Crippen molar-refractivity contribution >= 4 is 100 Å². The van der Waals surface area contributed by atoms with Gasteiger partial charge in [0.1, 0.15) is 84.3 Å². The van der Waals surface area contributed by atoms with Crippen LogP contribution in [0.25, 0.3) is 0 Å².